The zero-order valence-electron chi connectivity index (χ0n) is 16.0. The fourth-order valence-electron chi connectivity index (χ4n) is 3.78. The minimum Gasteiger partial charge on any atom is -0.353 e. The molecule has 30 heavy (non-hydrogen) atoms. The molecule has 2 fully saturated rings. The molecular formula is C21H22FN5O3. The first-order valence-electron chi connectivity index (χ1n) is 9.69. The molecule has 8 nitrogen and oxygen atoms in total. The van der Waals surface area contributed by atoms with E-state index in [1.54, 1.807) is 0 Å². The van der Waals surface area contributed by atoms with Gasteiger partial charge in [0.25, 0.3) is 0 Å². The van der Waals surface area contributed by atoms with Crippen LogP contribution in [0.3, 0.4) is 0 Å². The number of piperidine rings is 1. The van der Waals surface area contributed by atoms with Crippen molar-refractivity contribution in [2.24, 2.45) is 11.8 Å². The third kappa shape index (κ3) is 4.41. The number of carbonyl (C=O) groups is 3. The number of carbonyl (C=O) groups excluding carboxylic acids is 3. The second-order valence-corrected chi connectivity index (χ2v) is 7.34. The Bertz CT molecular complexity index is 937. The molecule has 4 unspecified atom stereocenters. The Balaban J connectivity index is 1.42. The number of fused-ring (bicyclic) bond motifs is 1. The van der Waals surface area contributed by atoms with Crippen molar-refractivity contribution < 1.29 is 18.8 Å². The Morgan fingerprint density at radius 1 is 1.03 bits per heavy atom. The van der Waals surface area contributed by atoms with E-state index in [9.17, 15) is 18.8 Å². The highest BCUT2D eigenvalue weighted by Gasteiger charge is 2.48. The number of halogens is 1. The summed E-state index contributed by atoms with van der Waals surface area (Å²) in [5, 5.41) is 14.4. The van der Waals surface area contributed by atoms with Gasteiger partial charge in [-0.3, -0.25) is 19.7 Å². The highest BCUT2D eigenvalue weighted by Crippen LogP contribution is 2.27. The molecule has 2 heterocycles. The lowest BCUT2D eigenvalue weighted by molar-refractivity contribution is -0.146. The summed E-state index contributed by atoms with van der Waals surface area (Å²) in [6, 6.07) is 15.1. The molecule has 2 aromatic rings. The van der Waals surface area contributed by atoms with Crippen LogP contribution in [0.1, 0.15) is 12.0 Å². The van der Waals surface area contributed by atoms with E-state index < -0.39 is 24.3 Å². The highest BCUT2D eigenvalue weighted by molar-refractivity contribution is 5.94. The van der Waals surface area contributed by atoms with Gasteiger partial charge in [0, 0.05) is 18.7 Å². The first-order valence-corrected chi connectivity index (χ1v) is 9.69. The highest BCUT2D eigenvalue weighted by atomic mass is 19.1. The average Bonchev–Trinajstić information content (AvgIpc) is 2.73. The van der Waals surface area contributed by atoms with Crippen molar-refractivity contribution in [2.75, 3.05) is 5.32 Å². The summed E-state index contributed by atoms with van der Waals surface area (Å²) < 4.78 is 13.1. The molecule has 4 rings (SSSR count). The zero-order chi connectivity index (χ0) is 21.1. The molecule has 0 aromatic heterocycles. The first-order chi connectivity index (χ1) is 14.5. The van der Waals surface area contributed by atoms with Gasteiger partial charge < -0.3 is 21.3 Å². The van der Waals surface area contributed by atoms with Crippen LogP contribution in [0.15, 0.2) is 54.6 Å². The molecule has 2 saturated heterocycles. The largest absolute Gasteiger partial charge is 0.353 e. The number of anilines is 1. The topological polar surface area (TPSA) is 111 Å². The van der Waals surface area contributed by atoms with E-state index in [0.29, 0.717) is 12.2 Å². The number of benzene rings is 2. The van der Waals surface area contributed by atoms with Crippen LogP contribution < -0.4 is 26.6 Å². The molecule has 2 aliphatic heterocycles. The van der Waals surface area contributed by atoms with Gasteiger partial charge in [-0.1, -0.05) is 30.3 Å². The molecular weight excluding hydrogens is 389 g/mol. The quantitative estimate of drug-likeness (QED) is 0.496. The van der Waals surface area contributed by atoms with Crippen molar-refractivity contribution in [3.05, 3.63) is 66.0 Å². The molecule has 156 valence electrons. The Labute approximate surface area is 172 Å². The van der Waals surface area contributed by atoms with E-state index in [4.69, 9.17) is 0 Å². The lowest BCUT2D eigenvalue weighted by Crippen LogP contribution is -2.72. The van der Waals surface area contributed by atoms with Crippen molar-refractivity contribution in [2.45, 2.75) is 25.4 Å². The molecule has 4 atom stereocenters. The van der Waals surface area contributed by atoms with Crippen LogP contribution in [0.25, 0.3) is 0 Å². The molecule has 0 bridgehead atoms. The fourth-order valence-corrected chi connectivity index (χ4v) is 3.78. The normalized spacial score (nSPS) is 25.5. The van der Waals surface area contributed by atoms with Crippen LogP contribution in [0, 0.1) is 17.7 Å². The molecule has 0 saturated carbocycles. The van der Waals surface area contributed by atoms with Crippen LogP contribution in [0.5, 0.6) is 0 Å². The summed E-state index contributed by atoms with van der Waals surface area (Å²) >= 11 is 0. The first kappa shape index (κ1) is 19.8. The Morgan fingerprint density at radius 2 is 1.77 bits per heavy atom. The second-order valence-electron chi connectivity index (χ2n) is 7.34. The molecule has 0 radical (unpaired) electrons. The maximum absolute atomic E-state index is 13.1. The molecule has 3 amide bonds. The van der Waals surface area contributed by atoms with Crippen LogP contribution in [0.4, 0.5) is 10.1 Å². The Hall–Kier alpha value is -3.46. The standard InChI is InChI=1S/C21H22FN5O3/c22-13-6-8-14(9-7-13)24-21-26-18-17(20(30)27-21)15(10-16(28)25-18)19(29)23-11-12-4-2-1-3-5-12/h1-9,15,17-18,21,24,26H,10-11H2,(H,23,29)(H,25,28)(H,27,30). The van der Waals surface area contributed by atoms with Crippen molar-refractivity contribution in [1.29, 1.82) is 0 Å². The van der Waals surface area contributed by atoms with E-state index in [2.05, 4.69) is 26.6 Å². The zero-order valence-corrected chi connectivity index (χ0v) is 16.0. The van der Waals surface area contributed by atoms with E-state index in [-0.39, 0.29) is 30.0 Å². The van der Waals surface area contributed by atoms with Gasteiger partial charge in [-0.05, 0) is 29.8 Å². The van der Waals surface area contributed by atoms with E-state index >= 15 is 0 Å². The number of hydrogen-bond acceptors (Lipinski definition) is 5. The van der Waals surface area contributed by atoms with Crippen LogP contribution in [-0.2, 0) is 20.9 Å². The van der Waals surface area contributed by atoms with E-state index in [1.807, 2.05) is 30.3 Å². The minimum atomic E-state index is -0.785. The SMILES string of the molecule is O=C1CC(C(=O)NCc2ccccc2)C2C(=O)NC(Nc3ccc(F)cc3)NC2N1. The molecule has 5 N–H and O–H groups in total. The van der Waals surface area contributed by atoms with Crippen molar-refractivity contribution in [1.82, 2.24) is 21.3 Å². The lowest BCUT2D eigenvalue weighted by atomic mass is 9.81. The lowest BCUT2D eigenvalue weighted by Gasteiger charge is -2.43. The summed E-state index contributed by atoms with van der Waals surface area (Å²) in [5.74, 6) is -2.90. The third-order valence-electron chi connectivity index (χ3n) is 5.25. The van der Waals surface area contributed by atoms with Gasteiger partial charge in [0.2, 0.25) is 17.7 Å². The number of amides is 3. The average molecular weight is 411 g/mol. The number of rotatable bonds is 5. The molecule has 2 aromatic carbocycles. The van der Waals surface area contributed by atoms with Crippen molar-refractivity contribution >= 4 is 23.4 Å². The maximum atomic E-state index is 13.1. The van der Waals surface area contributed by atoms with Gasteiger partial charge >= 0.3 is 0 Å². The monoisotopic (exact) mass is 411 g/mol. The minimum absolute atomic E-state index is 0.0626. The van der Waals surface area contributed by atoms with Gasteiger partial charge in [-0.15, -0.1) is 0 Å². The van der Waals surface area contributed by atoms with Crippen LogP contribution in [-0.4, -0.2) is 30.2 Å². The van der Waals surface area contributed by atoms with Crippen molar-refractivity contribution in [3.8, 4) is 0 Å². The summed E-state index contributed by atoms with van der Waals surface area (Å²) in [6.45, 7) is 0.318. The molecule has 0 aliphatic carbocycles. The van der Waals surface area contributed by atoms with Crippen LogP contribution >= 0.6 is 0 Å². The van der Waals surface area contributed by atoms with Crippen molar-refractivity contribution in [3.63, 3.8) is 0 Å². The molecule has 2 aliphatic rings. The van der Waals surface area contributed by atoms with Gasteiger partial charge in [-0.2, -0.15) is 0 Å². The summed E-state index contributed by atoms with van der Waals surface area (Å²) in [7, 11) is 0. The summed E-state index contributed by atoms with van der Waals surface area (Å²) in [6.07, 6.45) is -1.45. The third-order valence-corrected chi connectivity index (χ3v) is 5.25. The smallest absolute Gasteiger partial charge is 0.229 e. The Kier molecular flexibility index (Phi) is 5.62. The molecule has 0 spiro atoms. The second kappa shape index (κ2) is 8.50. The Morgan fingerprint density at radius 3 is 2.50 bits per heavy atom. The van der Waals surface area contributed by atoms with E-state index in [0.717, 1.165) is 5.56 Å². The summed E-state index contributed by atoms with van der Waals surface area (Å²) in [5.41, 5.74) is 1.52. The van der Waals surface area contributed by atoms with Crippen LogP contribution in [0.2, 0.25) is 0 Å². The van der Waals surface area contributed by atoms with Gasteiger partial charge in [0.1, 0.15) is 5.82 Å². The summed E-state index contributed by atoms with van der Waals surface area (Å²) in [4.78, 5) is 37.8. The van der Waals surface area contributed by atoms with Gasteiger partial charge in [0.05, 0.1) is 18.0 Å². The van der Waals surface area contributed by atoms with E-state index in [1.165, 1.54) is 24.3 Å². The predicted molar refractivity (Wildman–Crippen MR) is 107 cm³/mol. The fraction of sp³-hybridized carbons (Fsp3) is 0.286. The van der Waals surface area contributed by atoms with Gasteiger partial charge in [0.15, 0.2) is 6.29 Å². The number of nitrogens with one attached hydrogen (secondary N) is 5. The number of hydrogen-bond donors (Lipinski definition) is 5. The molecule has 9 heteroatoms. The maximum Gasteiger partial charge on any atom is 0.229 e. The predicted octanol–water partition coefficient (Wildman–Crippen LogP) is 0.635. The van der Waals surface area contributed by atoms with Gasteiger partial charge in [-0.25, -0.2) is 4.39 Å².